The van der Waals surface area contributed by atoms with Crippen molar-refractivity contribution < 1.29 is 0 Å². The van der Waals surface area contributed by atoms with E-state index in [4.69, 9.17) is 0 Å². The van der Waals surface area contributed by atoms with E-state index in [1.807, 2.05) is 0 Å². The molecule has 0 radical (unpaired) electrons. The molecular weight excluding hydrogens is 232 g/mol. The molecule has 0 unspecified atom stereocenters. The van der Waals surface area contributed by atoms with E-state index < -0.39 is 0 Å². The maximum absolute atomic E-state index is 3.47. The average Bonchev–Trinajstić information content (AvgIpc) is 3.11. The number of aromatic nitrogens is 1. The van der Waals surface area contributed by atoms with Crippen molar-refractivity contribution in [2.45, 2.75) is 31.2 Å². The summed E-state index contributed by atoms with van der Waals surface area (Å²) in [5.74, 6) is 2.54. The summed E-state index contributed by atoms with van der Waals surface area (Å²) in [4.78, 5) is 5.93. The van der Waals surface area contributed by atoms with Gasteiger partial charge in [0.1, 0.15) is 0 Å². The van der Waals surface area contributed by atoms with Crippen molar-refractivity contribution in [2.24, 2.45) is 11.8 Å². The molecule has 100 valence electrons. The number of benzene rings is 1. The molecule has 0 amide bonds. The van der Waals surface area contributed by atoms with Crippen LogP contribution in [0.2, 0.25) is 0 Å². The van der Waals surface area contributed by atoms with Gasteiger partial charge in [-0.3, -0.25) is 0 Å². The van der Waals surface area contributed by atoms with Crippen LogP contribution in [0.3, 0.4) is 0 Å². The Morgan fingerprint density at radius 2 is 1.89 bits per heavy atom. The van der Waals surface area contributed by atoms with Crippen molar-refractivity contribution in [2.75, 3.05) is 14.1 Å². The fraction of sp³-hybridized carbons (Fsp3) is 0.529. The van der Waals surface area contributed by atoms with Gasteiger partial charge in [-0.1, -0.05) is 18.2 Å². The van der Waals surface area contributed by atoms with E-state index in [1.54, 1.807) is 5.56 Å². The van der Waals surface area contributed by atoms with Crippen LogP contribution in [0.4, 0.5) is 0 Å². The zero-order chi connectivity index (χ0) is 13.0. The molecule has 1 N–H and O–H groups in total. The highest BCUT2D eigenvalue weighted by atomic mass is 15.1. The highest BCUT2D eigenvalue weighted by molar-refractivity contribution is 5.83. The zero-order valence-electron chi connectivity index (χ0n) is 11.8. The van der Waals surface area contributed by atoms with Crippen LogP contribution in [-0.2, 0) is 0 Å². The third-order valence-electron chi connectivity index (χ3n) is 5.45. The summed E-state index contributed by atoms with van der Waals surface area (Å²) in [6.07, 6.45) is 6.57. The molecule has 1 aromatic heterocycles. The average molecular weight is 254 g/mol. The molecule has 0 aliphatic heterocycles. The Balaban J connectivity index is 1.82. The van der Waals surface area contributed by atoms with E-state index in [2.05, 4.69) is 54.4 Å². The molecule has 2 heteroatoms. The van der Waals surface area contributed by atoms with Crippen LogP contribution in [0.25, 0.3) is 10.9 Å². The summed E-state index contributed by atoms with van der Waals surface area (Å²) >= 11 is 0. The van der Waals surface area contributed by atoms with Crippen molar-refractivity contribution in [1.82, 2.24) is 9.88 Å². The fourth-order valence-electron chi connectivity index (χ4n) is 4.81. The molecule has 2 nitrogen and oxygen atoms in total. The Bertz CT molecular complexity index is 598. The number of hydrogen-bond acceptors (Lipinski definition) is 1. The summed E-state index contributed by atoms with van der Waals surface area (Å²) in [6, 6.07) is 9.49. The van der Waals surface area contributed by atoms with Crippen LogP contribution >= 0.6 is 0 Å². The van der Waals surface area contributed by atoms with Crippen molar-refractivity contribution >= 4 is 10.9 Å². The molecule has 2 aliphatic rings. The fourth-order valence-corrected chi connectivity index (χ4v) is 4.81. The largest absolute Gasteiger partial charge is 0.361 e. The lowest BCUT2D eigenvalue weighted by Gasteiger charge is -2.35. The van der Waals surface area contributed by atoms with Gasteiger partial charge < -0.3 is 9.88 Å². The Morgan fingerprint density at radius 1 is 1.11 bits per heavy atom. The first-order valence-electron chi connectivity index (χ1n) is 7.48. The second kappa shape index (κ2) is 4.11. The van der Waals surface area contributed by atoms with Crippen molar-refractivity contribution in [3.63, 3.8) is 0 Å². The van der Waals surface area contributed by atoms with Gasteiger partial charge in [-0.25, -0.2) is 0 Å². The highest BCUT2D eigenvalue weighted by Gasteiger charge is 2.49. The van der Waals surface area contributed by atoms with Gasteiger partial charge in [0, 0.05) is 29.1 Å². The van der Waals surface area contributed by atoms with Gasteiger partial charge in [0.05, 0.1) is 0 Å². The first kappa shape index (κ1) is 11.5. The van der Waals surface area contributed by atoms with Crippen LogP contribution in [0.5, 0.6) is 0 Å². The summed E-state index contributed by atoms with van der Waals surface area (Å²) < 4.78 is 0. The minimum absolute atomic E-state index is 0.727. The SMILES string of the molecule is CN(C)[C@@H]1[C@H]2CC[C@H](C2)[C@H]1c1c[nH]c2ccccc12. The Hall–Kier alpha value is -1.28. The number of nitrogens with zero attached hydrogens (tertiary/aromatic N) is 1. The lowest BCUT2D eigenvalue weighted by atomic mass is 9.79. The molecule has 2 aliphatic carbocycles. The zero-order valence-corrected chi connectivity index (χ0v) is 11.8. The molecule has 2 saturated carbocycles. The number of likely N-dealkylation sites (N-methyl/N-ethyl adjacent to an activating group) is 1. The first-order valence-corrected chi connectivity index (χ1v) is 7.48. The molecule has 0 spiro atoms. The molecule has 2 bridgehead atoms. The molecule has 1 heterocycles. The molecule has 2 aromatic rings. The van der Waals surface area contributed by atoms with Gasteiger partial charge >= 0.3 is 0 Å². The lowest BCUT2D eigenvalue weighted by Crippen LogP contribution is -2.38. The Labute approximate surface area is 114 Å². The van der Waals surface area contributed by atoms with Gasteiger partial charge in [0.2, 0.25) is 0 Å². The predicted molar refractivity (Wildman–Crippen MR) is 79.3 cm³/mol. The van der Waals surface area contributed by atoms with Crippen LogP contribution in [-0.4, -0.2) is 30.0 Å². The quantitative estimate of drug-likeness (QED) is 0.867. The van der Waals surface area contributed by atoms with Gasteiger partial charge in [-0.05, 0) is 56.8 Å². The normalized spacial score (nSPS) is 33.6. The van der Waals surface area contributed by atoms with E-state index in [1.165, 1.54) is 30.2 Å². The molecule has 19 heavy (non-hydrogen) atoms. The summed E-state index contributed by atoms with van der Waals surface area (Å²) in [5.41, 5.74) is 2.85. The van der Waals surface area contributed by atoms with Crippen molar-refractivity contribution in [3.05, 3.63) is 36.0 Å². The van der Waals surface area contributed by atoms with Crippen LogP contribution < -0.4 is 0 Å². The van der Waals surface area contributed by atoms with Gasteiger partial charge in [-0.2, -0.15) is 0 Å². The maximum atomic E-state index is 3.47. The second-order valence-corrected chi connectivity index (χ2v) is 6.60. The van der Waals surface area contributed by atoms with Crippen LogP contribution in [0, 0.1) is 11.8 Å². The van der Waals surface area contributed by atoms with E-state index in [-0.39, 0.29) is 0 Å². The van der Waals surface area contributed by atoms with Crippen molar-refractivity contribution in [3.8, 4) is 0 Å². The Kier molecular flexibility index (Phi) is 2.49. The molecule has 2 fully saturated rings. The highest BCUT2D eigenvalue weighted by Crippen LogP contribution is 2.55. The number of hydrogen-bond donors (Lipinski definition) is 1. The number of para-hydroxylation sites is 1. The van der Waals surface area contributed by atoms with Crippen LogP contribution in [0.15, 0.2) is 30.5 Å². The first-order chi connectivity index (χ1) is 9.25. The summed E-state index contributed by atoms with van der Waals surface area (Å²) in [7, 11) is 4.51. The Morgan fingerprint density at radius 3 is 2.74 bits per heavy atom. The summed E-state index contributed by atoms with van der Waals surface area (Å²) in [5, 5.41) is 1.44. The standard InChI is InChI=1S/C17H22N2/c1-19(2)17-12-8-7-11(9-12)16(17)14-10-18-15-6-4-3-5-13(14)15/h3-6,10-12,16-18H,7-9H2,1-2H3/t11-,12+,16+,17-/m1/s1. The number of nitrogens with one attached hydrogen (secondary N) is 1. The number of aromatic amines is 1. The number of H-pyrrole nitrogens is 1. The molecule has 4 rings (SSSR count). The predicted octanol–water partition coefficient (Wildman–Crippen LogP) is 3.61. The third-order valence-corrected chi connectivity index (χ3v) is 5.45. The van der Waals surface area contributed by atoms with E-state index >= 15 is 0 Å². The van der Waals surface area contributed by atoms with Gasteiger partial charge in [-0.15, -0.1) is 0 Å². The molecular formula is C17H22N2. The molecule has 0 saturated heterocycles. The molecule has 4 atom stereocenters. The van der Waals surface area contributed by atoms with Gasteiger partial charge in [0.15, 0.2) is 0 Å². The lowest BCUT2D eigenvalue weighted by molar-refractivity contribution is 0.186. The van der Waals surface area contributed by atoms with E-state index in [9.17, 15) is 0 Å². The minimum atomic E-state index is 0.727. The van der Waals surface area contributed by atoms with E-state index in [0.717, 1.165) is 23.8 Å². The van der Waals surface area contributed by atoms with Crippen LogP contribution in [0.1, 0.15) is 30.7 Å². The minimum Gasteiger partial charge on any atom is -0.361 e. The van der Waals surface area contributed by atoms with Crippen molar-refractivity contribution in [1.29, 1.82) is 0 Å². The topological polar surface area (TPSA) is 19.0 Å². The summed E-state index contributed by atoms with van der Waals surface area (Å²) in [6.45, 7) is 0. The number of rotatable bonds is 2. The third kappa shape index (κ3) is 1.59. The molecule has 1 aromatic carbocycles. The second-order valence-electron chi connectivity index (χ2n) is 6.60. The smallest absolute Gasteiger partial charge is 0.0456 e. The van der Waals surface area contributed by atoms with Gasteiger partial charge in [0.25, 0.3) is 0 Å². The monoisotopic (exact) mass is 254 g/mol. The maximum Gasteiger partial charge on any atom is 0.0456 e. The van der Waals surface area contributed by atoms with E-state index in [0.29, 0.717) is 0 Å². The number of fused-ring (bicyclic) bond motifs is 3.